The van der Waals surface area contributed by atoms with Crippen LogP contribution in [0.1, 0.15) is 20.3 Å². The largest absolute Gasteiger partial charge is 0.363 e. The molecule has 1 unspecified atom stereocenters. The number of rotatable bonds is 2. The fourth-order valence-corrected chi connectivity index (χ4v) is 3.27. The molecule has 2 nitrogen and oxygen atoms in total. The standard InChI is InChI=1S/C9H18N2S4/c1-6-7(2)11(5)9(13)15-14-8(12)10(3)4/h7H,6H2,1-5H3. The molecular weight excluding hydrogens is 264 g/mol. The molecule has 0 aromatic heterocycles. The molecule has 0 aromatic carbocycles. The summed E-state index contributed by atoms with van der Waals surface area (Å²) in [6, 6.07) is 0.485. The van der Waals surface area contributed by atoms with Gasteiger partial charge in [0, 0.05) is 27.2 Å². The summed E-state index contributed by atoms with van der Waals surface area (Å²) < 4.78 is 1.73. The molecular formula is C9H18N2S4. The second-order valence-corrected chi connectivity index (χ2v) is 6.86. The van der Waals surface area contributed by atoms with Crippen molar-refractivity contribution in [3.8, 4) is 0 Å². The van der Waals surface area contributed by atoms with E-state index in [0.717, 1.165) is 15.1 Å². The zero-order valence-corrected chi connectivity index (χ0v) is 13.1. The number of nitrogens with zero attached hydrogens (tertiary/aromatic N) is 2. The van der Waals surface area contributed by atoms with Crippen LogP contribution in [-0.4, -0.2) is 45.6 Å². The zero-order valence-electron chi connectivity index (χ0n) is 9.81. The van der Waals surface area contributed by atoms with Gasteiger partial charge in [0.05, 0.1) is 0 Å². The Hall–Kier alpha value is 0.480. The maximum absolute atomic E-state index is 5.31. The van der Waals surface area contributed by atoms with Crippen LogP contribution in [0.3, 0.4) is 0 Å². The first-order chi connectivity index (χ1) is 6.90. The van der Waals surface area contributed by atoms with Gasteiger partial charge in [-0.15, -0.1) is 0 Å². The highest BCUT2D eigenvalue weighted by Gasteiger charge is 2.12. The maximum Gasteiger partial charge on any atom is 0.147 e. The lowest BCUT2D eigenvalue weighted by atomic mass is 10.2. The first-order valence-electron chi connectivity index (χ1n) is 4.72. The Morgan fingerprint density at radius 1 is 1.13 bits per heavy atom. The molecule has 0 aliphatic carbocycles. The average Bonchev–Trinajstić information content (AvgIpc) is 2.22. The third kappa shape index (κ3) is 5.94. The first-order valence-corrected chi connectivity index (χ1v) is 7.69. The van der Waals surface area contributed by atoms with Crippen LogP contribution in [0.15, 0.2) is 0 Å². The van der Waals surface area contributed by atoms with Crippen LogP contribution in [0.25, 0.3) is 0 Å². The average molecular weight is 283 g/mol. The van der Waals surface area contributed by atoms with Gasteiger partial charge in [-0.25, -0.2) is 0 Å². The van der Waals surface area contributed by atoms with Gasteiger partial charge in [0.15, 0.2) is 0 Å². The fraction of sp³-hybridized carbons (Fsp3) is 0.778. The molecule has 0 aliphatic rings. The summed E-state index contributed by atoms with van der Waals surface area (Å²) in [7, 11) is 9.01. The molecule has 0 bridgehead atoms. The van der Waals surface area contributed by atoms with Gasteiger partial charge in [0.25, 0.3) is 0 Å². The Morgan fingerprint density at radius 3 is 2.00 bits per heavy atom. The van der Waals surface area contributed by atoms with E-state index in [2.05, 4.69) is 18.7 Å². The summed E-state index contributed by atoms with van der Waals surface area (Å²) in [5.74, 6) is 0. The van der Waals surface area contributed by atoms with Crippen molar-refractivity contribution >= 4 is 54.7 Å². The minimum absolute atomic E-state index is 0.485. The van der Waals surface area contributed by atoms with Crippen LogP contribution in [0.4, 0.5) is 0 Å². The van der Waals surface area contributed by atoms with Gasteiger partial charge < -0.3 is 9.80 Å². The second-order valence-electron chi connectivity index (χ2n) is 3.46. The van der Waals surface area contributed by atoms with E-state index < -0.39 is 0 Å². The summed E-state index contributed by atoms with van der Waals surface area (Å²) in [6.45, 7) is 4.33. The molecule has 0 rings (SSSR count). The molecule has 0 saturated heterocycles. The van der Waals surface area contributed by atoms with E-state index in [1.54, 1.807) is 21.6 Å². The van der Waals surface area contributed by atoms with E-state index in [1.165, 1.54) is 0 Å². The van der Waals surface area contributed by atoms with Gasteiger partial charge in [-0.2, -0.15) is 0 Å². The van der Waals surface area contributed by atoms with Crippen LogP contribution in [0.2, 0.25) is 0 Å². The highest BCUT2D eigenvalue weighted by molar-refractivity contribution is 8.89. The molecule has 0 fully saturated rings. The van der Waals surface area contributed by atoms with Crippen molar-refractivity contribution in [2.24, 2.45) is 0 Å². The molecule has 1 atom stereocenters. The number of hydrogen-bond donors (Lipinski definition) is 0. The second kappa shape index (κ2) is 7.70. The highest BCUT2D eigenvalue weighted by atomic mass is 33.1. The Morgan fingerprint density at radius 2 is 1.60 bits per heavy atom. The summed E-state index contributed by atoms with van der Waals surface area (Å²) in [6.07, 6.45) is 1.10. The van der Waals surface area contributed by atoms with E-state index in [1.807, 2.05) is 26.0 Å². The molecule has 0 aromatic rings. The van der Waals surface area contributed by atoms with E-state index in [-0.39, 0.29) is 0 Å². The zero-order chi connectivity index (χ0) is 12.0. The Bertz CT molecular complexity index is 230. The Kier molecular flexibility index (Phi) is 7.95. The monoisotopic (exact) mass is 282 g/mol. The van der Waals surface area contributed by atoms with Gasteiger partial charge in [0.1, 0.15) is 8.64 Å². The smallest absolute Gasteiger partial charge is 0.147 e. The molecule has 0 spiro atoms. The van der Waals surface area contributed by atoms with Crippen molar-refractivity contribution in [3.05, 3.63) is 0 Å². The van der Waals surface area contributed by atoms with Crippen LogP contribution in [0, 0.1) is 0 Å². The lowest BCUT2D eigenvalue weighted by molar-refractivity contribution is 0.393. The van der Waals surface area contributed by atoms with E-state index >= 15 is 0 Å². The summed E-state index contributed by atoms with van der Waals surface area (Å²) >= 11 is 10.5. The molecule has 15 heavy (non-hydrogen) atoms. The van der Waals surface area contributed by atoms with Gasteiger partial charge in [-0.05, 0) is 34.9 Å². The van der Waals surface area contributed by atoms with E-state index in [0.29, 0.717) is 6.04 Å². The SMILES string of the molecule is CCC(C)N(C)C(=S)SSC(=S)N(C)C. The minimum atomic E-state index is 0.485. The summed E-state index contributed by atoms with van der Waals surface area (Å²) in [5, 5.41) is 0. The van der Waals surface area contributed by atoms with Crippen molar-refractivity contribution in [1.82, 2.24) is 9.80 Å². The Labute approximate surface area is 112 Å². The maximum atomic E-state index is 5.31. The first kappa shape index (κ1) is 15.5. The molecule has 6 heteroatoms. The van der Waals surface area contributed by atoms with Gasteiger partial charge in [-0.3, -0.25) is 0 Å². The summed E-state index contributed by atoms with van der Waals surface area (Å²) in [4.78, 5) is 4.03. The molecule has 0 saturated carbocycles. The van der Waals surface area contributed by atoms with Crippen molar-refractivity contribution in [1.29, 1.82) is 0 Å². The topological polar surface area (TPSA) is 6.48 Å². The highest BCUT2D eigenvalue weighted by Crippen LogP contribution is 2.27. The molecule has 0 heterocycles. The molecule has 0 radical (unpaired) electrons. The predicted octanol–water partition coefficient (Wildman–Crippen LogP) is 3.23. The molecule has 0 N–H and O–H groups in total. The van der Waals surface area contributed by atoms with Crippen molar-refractivity contribution in [2.45, 2.75) is 26.3 Å². The van der Waals surface area contributed by atoms with Crippen LogP contribution in [-0.2, 0) is 0 Å². The Balaban J connectivity index is 3.99. The summed E-state index contributed by atoms with van der Waals surface area (Å²) in [5.41, 5.74) is 0. The molecule has 88 valence electrons. The van der Waals surface area contributed by atoms with Gasteiger partial charge in [-0.1, -0.05) is 31.4 Å². The molecule has 0 amide bonds. The lowest BCUT2D eigenvalue weighted by Gasteiger charge is -2.25. The van der Waals surface area contributed by atoms with Crippen molar-refractivity contribution < 1.29 is 0 Å². The molecule has 0 aliphatic heterocycles. The lowest BCUT2D eigenvalue weighted by Crippen LogP contribution is -2.31. The van der Waals surface area contributed by atoms with Crippen molar-refractivity contribution in [2.75, 3.05) is 21.1 Å². The fourth-order valence-electron chi connectivity index (χ4n) is 0.658. The number of thiocarbonyl (C=S) groups is 2. The van der Waals surface area contributed by atoms with Gasteiger partial charge >= 0.3 is 0 Å². The van der Waals surface area contributed by atoms with Crippen molar-refractivity contribution in [3.63, 3.8) is 0 Å². The normalized spacial score (nSPS) is 12.1. The third-order valence-electron chi connectivity index (χ3n) is 2.09. The van der Waals surface area contributed by atoms with Crippen LogP contribution >= 0.6 is 46.0 Å². The van der Waals surface area contributed by atoms with Gasteiger partial charge in [0.2, 0.25) is 0 Å². The van der Waals surface area contributed by atoms with Crippen LogP contribution in [0.5, 0.6) is 0 Å². The quantitative estimate of drug-likeness (QED) is 0.562. The van der Waals surface area contributed by atoms with Crippen LogP contribution < -0.4 is 0 Å². The van der Waals surface area contributed by atoms with E-state index in [4.69, 9.17) is 24.4 Å². The van der Waals surface area contributed by atoms with E-state index in [9.17, 15) is 0 Å². The third-order valence-corrected chi connectivity index (χ3v) is 6.09. The number of hydrogen-bond acceptors (Lipinski definition) is 4. The minimum Gasteiger partial charge on any atom is -0.363 e. The predicted molar refractivity (Wildman–Crippen MR) is 81.6 cm³/mol.